The maximum atomic E-state index is 10.6. The predicted octanol–water partition coefficient (Wildman–Crippen LogP) is 10.4. The summed E-state index contributed by atoms with van der Waals surface area (Å²) in [5.74, 6) is 0.840. The maximum absolute atomic E-state index is 10.6. The molecule has 8 aromatic rings. The van der Waals surface area contributed by atoms with Crippen molar-refractivity contribution in [3.63, 3.8) is 0 Å². The second-order valence-electron chi connectivity index (χ2n) is 12.0. The van der Waals surface area contributed by atoms with Crippen molar-refractivity contribution in [1.82, 2.24) is 19.5 Å². The molecule has 0 aliphatic carbocycles. The number of hydrogen-bond acceptors (Lipinski definition) is 4. The van der Waals surface area contributed by atoms with Crippen molar-refractivity contribution in [3.8, 4) is 72.9 Å². The third-order valence-electron chi connectivity index (χ3n) is 8.96. The van der Waals surface area contributed by atoms with E-state index in [2.05, 4.69) is 104 Å². The first-order valence-corrected chi connectivity index (χ1v) is 16.0. The van der Waals surface area contributed by atoms with Gasteiger partial charge in [0.1, 0.15) is 17.1 Å². The van der Waals surface area contributed by atoms with Gasteiger partial charge < -0.3 is 9.67 Å². The summed E-state index contributed by atoms with van der Waals surface area (Å²) in [7, 11) is 1.93. The Morgan fingerprint density at radius 1 is 0.521 bits per heavy atom. The number of fused-ring (bicyclic) bond motifs is 1. The van der Waals surface area contributed by atoms with Crippen LogP contribution in [0.25, 0.3) is 78.3 Å². The summed E-state index contributed by atoms with van der Waals surface area (Å²) in [6.45, 7) is 2.11. The first-order chi connectivity index (χ1) is 23.5. The van der Waals surface area contributed by atoms with Crippen LogP contribution in [0.5, 0.6) is 5.75 Å². The van der Waals surface area contributed by atoms with Crippen LogP contribution in [0.1, 0.15) is 5.56 Å². The fraction of sp³-hybridized carbons (Fsp3) is 0.0465. The molecule has 0 bridgehead atoms. The zero-order chi connectivity index (χ0) is 32.6. The molecule has 0 aliphatic rings. The van der Waals surface area contributed by atoms with E-state index in [1.807, 2.05) is 60.4 Å². The Labute approximate surface area is 279 Å². The van der Waals surface area contributed by atoms with Crippen LogP contribution in [0, 0.1) is 6.92 Å². The highest BCUT2D eigenvalue weighted by Crippen LogP contribution is 2.38. The molecule has 5 aromatic carbocycles. The number of para-hydroxylation sites is 1. The van der Waals surface area contributed by atoms with Crippen molar-refractivity contribution < 1.29 is 5.11 Å². The van der Waals surface area contributed by atoms with Crippen molar-refractivity contribution in [1.29, 1.82) is 0 Å². The average Bonchev–Trinajstić information content (AvgIpc) is 3.48. The van der Waals surface area contributed by atoms with E-state index in [9.17, 15) is 5.11 Å². The monoisotopic (exact) mass is 620 g/mol. The van der Waals surface area contributed by atoms with Crippen LogP contribution >= 0.6 is 0 Å². The summed E-state index contributed by atoms with van der Waals surface area (Å²) in [5, 5.41) is 10.6. The Morgan fingerprint density at radius 2 is 1.12 bits per heavy atom. The Morgan fingerprint density at radius 3 is 1.85 bits per heavy atom. The number of imidazole rings is 1. The molecule has 0 saturated carbocycles. The molecular weight excluding hydrogens is 589 g/mol. The number of nitrogens with zero attached hydrogens (tertiary/aromatic N) is 4. The molecule has 3 heterocycles. The first-order valence-electron chi connectivity index (χ1n) is 16.0. The van der Waals surface area contributed by atoms with Crippen LogP contribution in [-0.4, -0.2) is 24.6 Å². The lowest BCUT2D eigenvalue weighted by molar-refractivity contribution is 0.476. The molecule has 1 N–H and O–H groups in total. The second kappa shape index (κ2) is 12.1. The van der Waals surface area contributed by atoms with Gasteiger partial charge in [-0.15, -0.1) is 0 Å². The molecule has 0 amide bonds. The highest BCUT2D eigenvalue weighted by Gasteiger charge is 2.18. The number of phenolic OH excluding ortho intramolecular Hbond substituents is 1. The van der Waals surface area contributed by atoms with E-state index in [4.69, 9.17) is 15.0 Å². The van der Waals surface area contributed by atoms with E-state index in [0.29, 0.717) is 11.4 Å². The van der Waals surface area contributed by atoms with Gasteiger partial charge in [0, 0.05) is 30.6 Å². The summed E-state index contributed by atoms with van der Waals surface area (Å²) in [4.78, 5) is 14.7. The van der Waals surface area contributed by atoms with E-state index in [1.165, 1.54) is 11.1 Å². The van der Waals surface area contributed by atoms with Crippen LogP contribution in [0.2, 0.25) is 0 Å². The standard InChI is InChI=1S/C43H32N4O/c1-28-27-45-39(26-38(28)32-19-17-31(18-20-32)29-11-5-3-6-12-29)35-24-33(30-13-7-4-8-14-30)23-34(25-35)36-21-22-44-43-41(36)46-42(47(43)2)37-15-9-10-16-40(37)48/h3-27,48H,1-2H3. The molecule has 0 radical (unpaired) electrons. The van der Waals surface area contributed by atoms with Gasteiger partial charge in [0.2, 0.25) is 0 Å². The SMILES string of the molecule is Cc1cnc(-c2cc(-c3ccccc3)cc(-c3ccnc4c3nc(-c3ccccc3O)n4C)c2)cc1-c1ccc(-c2ccccc2)cc1. The lowest BCUT2D eigenvalue weighted by Crippen LogP contribution is -1.94. The van der Waals surface area contributed by atoms with E-state index >= 15 is 0 Å². The lowest BCUT2D eigenvalue weighted by Gasteiger charge is -2.13. The van der Waals surface area contributed by atoms with Gasteiger partial charge in [-0.25, -0.2) is 9.97 Å². The van der Waals surface area contributed by atoms with Gasteiger partial charge in [-0.05, 0) is 93.9 Å². The number of pyridine rings is 2. The largest absolute Gasteiger partial charge is 0.507 e. The van der Waals surface area contributed by atoms with E-state index in [0.717, 1.165) is 61.4 Å². The van der Waals surface area contributed by atoms with Gasteiger partial charge >= 0.3 is 0 Å². The van der Waals surface area contributed by atoms with Crippen LogP contribution in [0.3, 0.4) is 0 Å². The minimum absolute atomic E-state index is 0.182. The third-order valence-corrected chi connectivity index (χ3v) is 8.96. The number of aromatic nitrogens is 4. The van der Waals surface area contributed by atoms with Crippen molar-refractivity contribution in [2.75, 3.05) is 0 Å². The third kappa shape index (κ3) is 5.31. The molecule has 0 aliphatic heterocycles. The van der Waals surface area contributed by atoms with Gasteiger partial charge in [0.05, 0.1) is 11.3 Å². The molecule has 0 atom stereocenters. The molecule has 3 aromatic heterocycles. The molecule has 0 unspecified atom stereocenters. The number of aryl methyl sites for hydroxylation is 2. The maximum Gasteiger partial charge on any atom is 0.160 e. The van der Waals surface area contributed by atoms with Crippen LogP contribution in [0.4, 0.5) is 0 Å². The van der Waals surface area contributed by atoms with Gasteiger partial charge in [0.25, 0.3) is 0 Å². The number of benzene rings is 5. The van der Waals surface area contributed by atoms with E-state index in [-0.39, 0.29) is 5.75 Å². The van der Waals surface area contributed by atoms with Crippen molar-refractivity contribution >= 4 is 11.2 Å². The fourth-order valence-electron chi connectivity index (χ4n) is 6.41. The van der Waals surface area contributed by atoms with Crippen molar-refractivity contribution in [2.24, 2.45) is 7.05 Å². The molecule has 5 nitrogen and oxygen atoms in total. The molecule has 0 saturated heterocycles. The highest BCUT2D eigenvalue weighted by molar-refractivity contribution is 5.94. The topological polar surface area (TPSA) is 63.8 Å². The number of hydrogen-bond donors (Lipinski definition) is 1. The zero-order valence-electron chi connectivity index (χ0n) is 26.7. The Bertz CT molecular complexity index is 2410. The normalized spacial score (nSPS) is 11.2. The van der Waals surface area contributed by atoms with Crippen molar-refractivity contribution in [2.45, 2.75) is 6.92 Å². The Kier molecular flexibility index (Phi) is 7.35. The Hall–Kier alpha value is -6.33. The quantitative estimate of drug-likeness (QED) is 0.201. The summed E-state index contributed by atoms with van der Waals surface area (Å²) in [6, 6.07) is 47.7. The highest BCUT2D eigenvalue weighted by atomic mass is 16.3. The molecule has 0 fully saturated rings. The lowest BCUT2D eigenvalue weighted by atomic mass is 9.93. The minimum atomic E-state index is 0.182. The number of rotatable bonds is 6. The van der Waals surface area contributed by atoms with Gasteiger partial charge in [0.15, 0.2) is 5.65 Å². The molecular formula is C43H32N4O. The summed E-state index contributed by atoms with van der Waals surface area (Å²) in [6.07, 6.45) is 3.79. The zero-order valence-corrected chi connectivity index (χ0v) is 26.7. The number of phenols is 1. The average molecular weight is 621 g/mol. The second-order valence-corrected chi connectivity index (χ2v) is 12.0. The molecule has 8 rings (SSSR count). The first kappa shape index (κ1) is 29.1. The fourth-order valence-corrected chi connectivity index (χ4v) is 6.41. The van der Waals surface area contributed by atoms with E-state index in [1.54, 1.807) is 6.07 Å². The predicted molar refractivity (Wildman–Crippen MR) is 195 cm³/mol. The minimum Gasteiger partial charge on any atom is -0.507 e. The molecule has 0 spiro atoms. The number of aromatic hydroxyl groups is 1. The van der Waals surface area contributed by atoms with Gasteiger partial charge in [-0.1, -0.05) is 97.1 Å². The van der Waals surface area contributed by atoms with Crippen LogP contribution < -0.4 is 0 Å². The molecule has 48 heavy (non-hydrogen) atoms. The smallest absolute Gasteiger partial charge is 0.160 e. The summed E-state index contributed by atoms with van der Waals surface area (Å²) < 4.78 is 1.94. The van der Waals surface area contributed by atoms with Crippen LogP contribution in [-0.2, 0) is 7.05 Å². The molecule has 5 heteroatoms. The van der Waals surface area contributed by atoms with Crippen molar-refractivity contribution in [3.05, 3.63) is 157 Å². The van der Waals surface area contributed by atoms with Crippen LogP contribution in [0.15, 0.2) is 152 Å². The summed E-state index contributed by atoms with van der Waals surface area (Å²) >= 11 is 0. The van der Waals surface area contributed by atoms with Gasteiger partial charge in [-0.2, -0.15) is 0 Å². The Balaban J connectivity index is 1.27. The van der Waals surface area contributed by atoms with Gasteiger partial charge in [-0.3, -0.25) is 4.98 Å². The molecule has 230 valence electrons. The summed E-state index contributed by atoms with van der Waals surface area (Å²) in [5.41, 5.74) is 14.1. The van der Waals surface area contributed by atoms with E-state index < -0.39 is 0 Å².